The Bertz CT molecular complexity index is 491. The Morgan fingerprint density at radius 1 is 1.30 bits per heavy atom. The van der Waals surface area contributed by atoms with Crippen LogP contribution in [0.3, 0.4) is 0 Å². The first-order valence-corrected chi connectivity index (χ1v) is 7.70. The lowest BCUT2D eigenvalue weighted by Gasteiger charge is -2.15. The van der Waals surface area contributed by atoms with E-state index in [1.165, 1.54) is 0 Å². The van der Waals surface area contributed by atoms with Gasteiger partial charge < -0.3 is 15.7 Å². The standard InChI is InChI=1S/C14H20N2O3S/c1-9-4-5-11(8-10(9)2)15-14(19)16-12(13(17)18)6-7-20-3/h4-5,8,12H,6-7H2,1-3H3,(H,17,18)(H2,15,16,19)/t12-/m1/s1. The van der Waals surface area contributed by atoms with Crippen LogP contribution in [0.5, 0.6) is 0 Å². The van der Waals surface area contributed by atoms with Crippen LogP contribution < -0.4 is 10.6 Å². The molecule has 0 saturated carbocycles. The van der Waals surface area contributed by atoms with Gasteiger partial charge in [-0.15, -0.1) is 0 Å². The molecular weight excluding hydrogens is 276 g/mol. The van der Waals surface area contributed by atoms with E-state index in [-0.39, 0.29) is 0 Å². The van der Waals surface area contributed by atoms with Gasteiger partial charge in [0.1, 0.15) is 6.04 Å². The summed E-state index contributed by atoms with van der Waals surface area (Å²) >= 11 is 1.55. The van der Waals surface area contributed by atoms with Gasteiger partial charge in [-0.2, -0.15) is 11.8 Å². The fourth-order valence-corrected chi connectivity index (χ4v) is 2.11. The minimum absolute atomic E-state index is 0.400. The summed E-state index contributed by atoms with van der Waals surface area (Å²) < 4.78 is 0. The summed E-state index contributed by atoms with van der Waals surface area (Å²) in [6.45, 7) is 3.94. The number of carboxylic acids is 1. The molecule has 1 aromatic carbocycles. The number of anilines is 1. The first-order chi connectivity index (χ1) is 9.43. The molecule has 1 aromatic rings. The van der Waals surface area contributed by atoms with Crippen LogP contribution in [0.25, 0.3) is 0 Å². The van der Waals surface area contributed by atoms with Crippen LogP contribution in [0.15, 0.2) is 18.2 Å². The fraction of sp³-hybridized carbons (Fsp3) is 0.429. The number of thioether (sulfide) groups is 1. The highest BCUT2D eigenvalue weighted by Crippen LogP contribution is 2.14. The third kappa shape index (κ3) is 5.13. The van der Waals surface area contributed by atoms with Crippen LogP contribution >= 0.6 is 11.8 Å². The van der Waals surface area contributed by atoms with E-state index in [0.717, 1.165) is 11.1 Å². The summed E-state index contributed by atoms with van der Waals surface area (Å²) in [6.07, 6.45) is 2.30. The fourth-order valence-electron chi connectivity index (χ4n) is 1.64. The minimum Gasteiger partial charge on any atom is -0.480 e. The lowest BCUT2D eigenvalue weighted by molar-refractivity contribution is -0.139. The molecule has 0 aliphatic carbocycles. The molecule has 20 heavy (non-hydrogen) atoms. The van der Waals surface area contributed by atoms with Gasteiger partial charge >= 0.3 is 12.0 Å². The van der Waals surface area contributed by atoms with Crippen molar-refractivity contribution in [1.29, 1.82) is 0 Å². The van der Waals surface area contributed by atoms with E-state index in [1.54, 1.807) is 17.8 Å². The maximum absolute atomic E-state index is 11.8. The molecule has 0 saturated heterocycles. The number of nitrogens with one attached hydrogen (secondary N) is 2. The zero-order valence-electron chi connectivity index (χ0n) is 11.9. The van der Waals surface area contributed by atoms with Crippen molar-refractivity contribution in [3.05, 3.63) is 29.3 Å². The molecule has 0 radical (unpaired) electrons. The lowest BCUT2D eigenvalue weighted by atomic mass is 10.1. The van der Waals surface area contributed by atoms with Crippen LogP contribution in [0.1, 0.15) is 17.5 Å². The average Bonchev–Trinajstić information content (AvgIpc) is 2.38. The maximum atomic E-state index is 11.8. The SMILES string of the molecule is CSCC[C@@H](NC(=O)Nc1ccc(C)c(C)c1)C(=O)O. The molecule has 0 aliphatic heterocycles. The summed E-state index contributed by atoms with van der Waals surface area (Å²) in [5.74, 6) is -0.338. The summed E-state index contributed by atoms with van der Waals surface area (Å²) in [5, 5.41) is 14.2. The van der Waals surface area contributed by atoms with Crippen LogP contribution in [0.2, 0.25) is 0 Å². The third-order valence-electron chi connectivity index (χ3n) is 2.98. The number of aliphatic carboxylic acids is 1. The molecule has 2 amide bonds. The Hall–Kier alpha value is -1.69. The van der Waals surface area contributed by atoms with Crippen molar-refractivity contribution < 1.29 is 14.7 Å². The third-order valence-corrected chi connectivity index (χ3v) is 3.62. The quantitative estimate of drug-likeness (QED) is 0.754. The van der Waals surface area contributed by atoms with Crippen molar-refractivity contribution in [2.24, 2.45) is 0 Å². The number of benzene rings is 1. The first-order valence-electron chi connectivity index (χ1n) is 6.30. The molecule has 0 aliphatic rings. The molecule has 0 unspecified atom stereocenters. The highest BCUT2D eigenvalue weighted by molar-refractivity contribution is 7.98. The Morgan fingerprint density at radius 2 is 2.00 bits per heavy atom. The van der Waals surface area contributed by atoms with E-state index in [2.05, 4.69) is 10.6 Å². The molecule has 6 heteroatoms. The van der Waals surface area contributed by atoms with E-state index in [0.29, 0.717) is 17.9 Å². The number of carboxylic acid groups (broad SMARTS) is 1. The van der Waals surface area contributed by atoms with Crippen LogP contribution in [0.4, 0.5) is 10.5 Å². The second-order valence-electron chi connectivity index (χ2n) is 4.57. The van der Waals surface area contributed by atoms with Gasteiger partial charge in [0.05, 0.1) is 0 Å². The number of urea groups is 1. The number of carbonyl (C=O) groups excluding carboxylic acids is 1. The van der Waals surface area contributed by atoms with Crippen molar-refractivity contribution in [2.45, 2.75) is 26.3 Å². The molecule has 3 N–H and O–H groups in total. The predicted molar refractivity (Wildman–Crippen MR) is 82.5 cm³/mol. The number of aryl methyl sites for hydroxylation is 2. The number of carbonyl (C=O) groups is 2. The second-order valence-corrected chi connectivity index (χ2v) is 5.56. The Labute approximate surface area is 123 Å². The van der Waals surface area contributed by atoms with Gasteiger partial charge in [-0.3, -0.25) is 0 Å². The topological polar surface area (TPSA) is 78.4 Å². The van der Waals surface area contributed by atoms with E-state index in [4.69, 9.17) is 5.11 Å². The summed E-state index contributed by atoms with van der Waals surface area (Å²) in [5.41, 5.74) is 2.86. The van der Waals surface area contributed by atoms with Crippen molar-refractivity contribution in [1.82, 2.24) is 5.32 Å². The second kappa shape index (κ2) is 7.79. The van der Waals surface area contributed by atoms with E-state index in [9.17, 15) is 9.59 Å². The minimum atomic E-state index is -1.02. The van der Waals surface area contributed by atoms with E-state index in [1.807, 2.05) is 32.2 Å². The van der Waals surface area contributed by atoms with Crippen LogP contribution in [-0.2, 0) is 4.79 Å². The molecule has 0 spiro atoms. The molecule has 0 aromatic heterocycles. The maximum Gasteiger partial charge on any atom is 0.326 e. The van der Waals surface area contributed by atoms with Gasteiger partial charge in [-0.05, 0) is 55.5 Å². The average molecular weight is 296 g/mol. The predicted octanol–water partition coefficient (Wildman–Crippen LogP) is 2.63. The van der Waals surface area contributed by atoms with E-state index >= 15 is 0 Å². The highest BCUT2D eigenvalue weighted by Gasteiger charge is 2.19. The number of hydrogen-bond donors (Lipinski definition) is 3. The molecule has 1 atom stereocenters. The number of rotatable bonds is 6. The Morgan fingerprint density at radius 3 is 2.55 bits per heavy atom. The van der Waals surface area contributed by atoms with Crippen molar-refractivity contribution in [3.63, 3.8) is 0 Å². The van der Waals surface area contributed by atoms with Gasteiger partial charge in [-0.25, -0.2) is 9.59 Å². The smallest absolute Gasteiger partial charge is 0.326 e. The normalized spacial score (nSPS) is 11.8. The first kappa shape index (κ1) is 16.4. The summed E-state index contributed by atoms with van der Waals surface area (Å²) in [4.78, 5) is 22.8. The lowest BCUT2D eigenvalue weighted by Crippen LogP contribution is -2.43. The van der Waals surface area contributed by atoms with Gasteiger partial charge in [0.25, 0.3) is 0 Å². The van der Waals surface area contributed by atoms with E-state index < -0.39 is 18.0 Å². The zero-order valence-corrected chi connectivity index (χ0v) is 12.7. The van der Waals surface area contributed by atoms with Crippen LogP contribution in [0, 0.1) is 13.8 Å². The molecule has 0 fully saturated rings. The van der Waals surface area contributed by atoms with Gasteiger partial charge in [0.2, 0.25) is 0 Å². The Kier molecular flexibility index (Phi) is 6.38. The summed E-state index contributed by atoms with van der Waals surface area (Å²) in [6, 6.07) is 4.19. The van der Waals surface area contributed by atoms with Gasteiger partial charge in [0, 0.05) is 5.69 Å². The van der Waals surface area contributed by atoms with Gasteiger partial charge in [-0.1, -0.05) is 6.07 Å². The molecule has 0 bridgehead atoms. The molecule has 1 rings (SSSR count). The molecule has 110 valence electrons. The Balaban J connectivity index is 2.60. The van der Waals surface area contributed by atoms with Crippen molar-refractivity contribution in [2.75, 3.05) is 17.3 Å². The van der Waals surface area contributed by atoms with Gasteiger partial charge in [0.15, 0.2) is 0 Å². The molecule has 5 nitrogen and oxygen atoms in total. The molecule has 0 heterocycles. The van der Waals surface area contributed by atoms with Crippen molar-refractivity contribution >= 4 is 29.4 Å². The monoisotopic (exact) mass is 296 g/mol. The molecular formula is C14H20N2O3S. The zero-order chi connectivity index (χ0) is 15.1. The largest absolute Gasteiger partial charge is 0.480 e. The number of amides is 2. The summed E-state index contributed by atoms with van der Waals surface area (Å²) in [7, 11) is 0. The number of hydrogen-bond acceptors (Lipinski definition) is 3. The highest BCUT2D eigenvalue weighted by atomic mass is 32.2. The van der Waals surface area contributed by atoms with Crippen molar-refractivity contribution in [3.8, 4) is 0 Å². The van der Waals surface area contributed by atoms with Crippen LogP contribution in [-0.4, -0.2) is 35.2 Å².